The minimum atomic E-state index is -0.295. The zero-order valence-electron chi connectivity index (χ0n) is 6.25. The van der Waals surface area contributed by atoms with E-state index in [9.17, 15) is 10.1 Å². The van der Waals surface area contributed by atoms with Crippen molar-refractivity contribution in [2.75, 3.05) is 6.54 Å². The number of nitro groups is 1. The summed E-state index contributed by atoms with van der Waals surface area (Å²) >= 11 is 0. The zero-order valence-corrected chi connectivity index (χ0v) is 6.25. The predicted octanol–water partition coefficient (Wildman–Crippen LogP) is 2.01. The van der Waals surface area contributed by atoms with Gasteiger partial charge in [-0.1, -0.05) is 25.5 Å². The molecule has 0 N–H and O–H groups in total. The van der Waals surface area contributed by atoms with E-state index >= 15 is 0 Å². The Morgan fingerprint density at radius 2 is 2.00 bits per heavy atom. The maximum Gasteiger partial charge on any atom is 0.207 e. The van der Waals surface area contributed by atoms with E-state index in [1.54, 1.807) is 0 Å². The lowest BCUT2D eigenvalue weighted by atomic mass is 10.3. The Balaban J connectivity index is 3.10. The van der Waals surface area contributed by atoms with Gasteiger partial charge in [0, 0.05) is 11.3 Å². The molecule has 0 rings (SSSR count). The second kappa shape index (κ2) is 6.26. The van der Waals surface area contributed by atoms with E-state index in [1.165, 1.54) is 0 Å². The summed E-state index contributed by atoms with van der Waals surface area (Å²) in [5.41, 5.74) is 0. The molecule has 0 aliphatic carbocycles. The molecule has 58 valence electrons. The maximum absolute atomic E-state index is 9.80. The molecule has 0 amide bonds. The fourth-order valence-corrected chi connectivity index (χ4v) is 0.582. The minimum Gasteiger partial charge on any atom is -0.265 e. The summed E-state index contributed by atoms with van der Waals surface area (Å²) in [6.45, 7) is 2.14. The number of rotatable bonds is 5. The Morgan fingerprint density at radius 3 is 2.50 bits per heavy atom. The molecular weight excluding hydrogens is 130 g/mol. The van der Waals surface area contributed by atoms with Gasteiger partial charge in [-0.15, -0.1) is 0 Å². The van der Waals surface area contributed by atoms with Crippen LogP contribution in [0.5, 0.6) is 0 Å². The molecule has 0 radical (unpaired) electrons. The number of hydrogen-bond acceptors (Lipinski definition) is 2. The highest BCUT2D eigenvalue weighted by molar-refractivity contribution is 4.80. The SMILES string of the molecule is CCC/C=C/CC[N+](=O)[O-]. The van der Waals surface area contributed by atoms with Crippen molar-refractivity contribution in [1.82, 2.24) is 0 Å². The van der Waals surface area contributed by atoms with Gasteiger partial charge in [0.25, 0.3) is 0 Å². The van der Waals surface area contributed by atoms with Crippen LogP contribution in [0.4, 0.5) is 0 Å². The molecule has 0 aromatic rings. The van der Waals surface area contributed by atoms with Crippen molar-refractivity contribution in [3.05, 3.63) is 22.3 Å². The molecule has 0 saturated heterocycles. The lowest BCUT2D eigenvalue weighted by Crippen LogP contribution is -1.97. The molecule has 0 aromatic heterocycles. The molecule has 0 bridgehead atoms. The number of allylic oxidation sites excluding steroid dienone is 1. The maximum atomic E-state index is 9.80. The molecule has 0 saturated carbocycles. The average molecular weight is 143 g/mol. The largest absolute Gasteiger partial charge is 0.265 e. The lowest BCUT2D eigenvalue weighted by molar-refractivity contribution is -0.478. The van der Waals surface area contributed by atoms with E-state index in [0.29, 0.717) is 6.42 Å². The van der Waals surface area contributed by atoms with Crippen molar-refractivity contribution < 1.29 is 4.92 Å². The summed E-state index contributed by atoms with van der Waals surface area (Å²) in [5, 5.41) is 9.80. The summed E-state index contributed by atoms with van der Waals surface area (Å²) in [6.07, 6.45) is 6.55. The van der Waals surface area contributed by atoms with Gasteiger partial charge in [0.05, 0.1) is 0 Å². The van der Waals surface area contributed by atoms with E-state index in [0.717, 1.165) is 12.8 Å². The Bertz CT molecular complexity index is 121. The summed E-state index contributed by atoms with van der Waals surface area (Å²) in [7, 11) is 0. The summed E-state index contributed by atoms with van der Waals surface area (Å²) in [5.74, 6) is 0. The first-order valence-corrected chi connectivity index (χ1v) is 3.54. The molecule has 3 nitrogen and oxygen atoms in total. The van der Waals surface area contributed by atoms with Gasteiger partial charge < -0.3 is 0 Å². The third-order valence-corrected chi connectivity index (χ3v) is 1.10. The van der Waals surface area contributed by atoms with Gasteiger partial charge in [-0.3, -0.25) is 10.1 Å². The van der Waals surface area contributed by atoms with Crippen molar-refractivity contribution in [2.45, 2.75) is 26.2 Å². The first-order chi connectivity index (χ1) is 4.77. The first-order valence-electron chi connectivity index (χ1n) is 3.54. The second-order valence-corrected chi connectivity index (χ2v) is 2.11. The summed E-state index contributed by atoms with van der Waals surface area (Å²) < 4.78 is 0. The van der Waals surface area contributed by atoms with E-state index in [1.807, 2.05) is 12.2 Å². The molecule has 0 fully saturated rings. The first kappa shape index (κ1) is 9.14. The van der Waals surface area contributed by atoms with Crippen molar-refractivity contribution in [1.29, 1.82) is 0 Å². The van der Waals surface area contributed by atoms with Gasteiger partial charge in [0.2, 0.25) is 6.54 Å². The van der Waals surface area contributed by atoms with E-state index in [-0.39, 0.29) is 11.5 Å². The zero-order chi connectivity index (χ0) is 7.82. The third-order valence-electron chi connectivity index (χ3n) is 1.10. The van der Waals surface area contributed by atoms with Crippen molar-refractivity contribution in [2.24, 2.45) is 0 Å². The number of nitrogens with zero attached hydrogens (tertiary/aromatic N) is 1. The summed E-state index contributed by atoms with van der Waals surface area (Å²) in [4.78, 5) is 9.51. The molecule has 0 atom stereocenters. The van der Waals surface area contributed by atoms with Gasteiger partial charge in [-0.25, -0.2) is 0 Å². The van der Waals surface area contributed by atoms with Gasteiger partial charge in [-0.2, -0.15) is 0 Å². The van der Waals surface area contributed by atoms with E-state index < -0.39 is 0 Å². The number of unbranched alkanes of at least 4 members (excludes halogenated alkanes) is 1. The fraction of sp³-hybridized carbons (Fsp3) is 0.714. The standard InChI is InChI=1S/C7H13NO2/c1-2-3-4-5-6-7-8(9)10/h4-5H,2-3,6-7H2,1H3/b5-4+. The molecule has 0 heterocycles. The predicted molar refractivity (Wildman–Crippen MR) is 40.5 cm³/mol. The Hall–Kier alpha value is -0.860. The molecule has 3 heteroatoms. The average Bonchev–Trinajstić information content (AvgIpc) is 1.87. The van der Waals surface area contributed by atoms with Crippen LogP contribution in [0.25, 0.3) is 0 Å². The van der Waals surface area contributed by atoms with Crippen molar-refractivity contribution >= 4 is 0 Å². The highest BCUT2D eigenvalue weighted by Crippen LogP contribution is 1.90. The topological polar surface area (TPSA) is 43.1 Å². The Labute approximate surface area is 60.9 Å². The van der Waals surface area contributed by atoms with Crippen molar-refractivity contribution in [3.8, 4) is 0 Å². The van der Waals surface area contributed by atoms with Crippen LogP contribution in [0.1, 0.15) is 26.2 Å². The van der Waals surface area contributed by atoms with E-state index in [4.69, 9.17) is 0 Å². The van der Waals surface area contributed by atoms with Crippen LogP contribution in [0.2, 0.25) is 0 Å². The molecule has 0 spiro atoms. The van der Waals surface area contributed by atoms with Crippen LogP contribution in [0, 0.1) is 10.1 Å². The van der Waals surface area contributed by atoms with Crippen LogP contribution in [0.15, 0.2) is 12.2 Å². The lowest BCUT2D eigenvalue weighted by Gasteiger charge is -1.86. The van der Waals surface area contributed by atoms with Crippen molar-refractivity contribution in [3.63, 3.8) is 0 Å². The molecule has 10 heavy (non-hydrogen) atoms. The fourth-order valence-electron chi connectivity index (χ4n) is 0.582. The van der Waals surface area contributed by atoms with Gasteiger partial charge in [0.15, 0.2) is 0 Å². The summed E-state index contributed by atoms with van der Waals surface area (Å²) in [6, 6.07) is 0. The van der Waals surface area contributed by atoms with Crippen LogP contribution < -0.4 is 0 Å². The molecule has 0 aliphatic heterocycles. The number of hydrogen-bond donors (Lipinski definition) is 0. The quantitative estimate of drug-likeness (QED) is 0.335. The van der Waals surface area contributed by atoms with E-state index in [2.05, 4.69) is 6.92 Å². The smallest absolute Gasteiger partial charge is 0.207 e. The molecule has 0 aromatic carbocycles. The normalized spacial score (nSPS) is 10.5. The van der Waals surface area contributed by atoms with Crippen LogP contribution in [-0.4, -0.2) is 11.5 Å². The van der Waals surface area contributed by atoms with Crippen LogP contribution in [0.3, 0.4) is 0 Å². The monoisotopic (exact) mass is 143 g/mol. The minimum absolute atomic E-state index is 0.0558. The van der Waals surface area contributed by atoms with Gasteiger partial charge >= 0.3 is 0 Å². The molecule has 0 unspecified atom stereocenters. The molecular formula is C7H13NO2. The van der Waals surface area contributed by atoms with Gasteiger partial charge in [0.1, 0.15) is 0 Å². The Kier molecular flexibility index (Phi) is 5.72. The third kappa shape index (κ3) is 7.14. The highest BCUT2D eigenvalue weighted by atomic mass is 16.6. The van der Waals surface area contributed by atoms with Gasteiger partial charge in [-0.05, 0) is 6.42 Å². The Morgan fingerprint density at radius 1 is 1.40 bits per heavy atom. The second-order valence-electron chi connectivity index (χ2n) is 2.11. The highest BCUT2D eigenvalue weighted by Gasteiger charge is 1.89. The van der Waals surface area contributed by atoms with Crippen LogP contribution in [-0.2, 0) is 0 Å². The molecule has 0 aliphatic rings. The van der Waals surface area contributed by atoms with Crippen LogP contribution >= 0.6 is 0 Å².